The number of anilines is 1. The molecule has 0 aromatic heterocycles. The van der Waals surface area contributed by atoms with Crippen molar-refractivity contribution in [3.8, 4) is 0 Å². The molecule has 0 radical (unpaired) electrons. The highest BCUT2D eigenvalue weighted by Gasteiger charge is 2.06. The fraction of sp³-hybridized carbons (Fsp3) is 0.0556. The molecule has 0 aliphatic carbocycles. The minimum Gasteiger partial charge on any atom is -0.452 e. The average molecular weight is 359 g/mol. The van der Waals surface area contributed by atoms with Crippen molar-refractivity contribution in [2.24, 2.45) is 5.73 Å². The maximum Gasteiger partial charge on any atom is 0.331 e. The summed E-state index contributed by atoms with van der Waals surface area (Å²) >= 11 is 5.84. The maximum absolute atomic E-state index is 11.7. The molecule has 2 amide bonds. The molecule has 25 heavy (non-hydrogen) atoms. The number of halogens is 1. The van der Waals surface area contributed by atoms with Crippen LogP contribution in [0.2, 0.25) is 5.02 Å². The van der Waals surface area contributed by atoms with Gasteiger partial charge in [0.25, 0.3) is 5.91 Å². The predicted octanol–water partition coefficient (Wildman–Crippen LogP) is 2.63. The molecule has 128 valence electrons. The van der Waals surface area contributed by atoms with Gasteiger partial charge in [0.1, 0.15) is 0 Å². The number of hydrogen-bond donors (Lipinski definition) is 2. The standard InChI is InChI=1S/C18H15ClN2O4/c19-14-3-1-2-12(10-14)4-9-17(23)25-11-16(22)21-15-7-5-13(6-8-15)18(20)24/h1-10H,11H2,(H2,20,24)(H,21,22)/b9-4+. The van der Waals surface area contributed by atoms with Crippen molar-refractivity contribution in [2.75, 3.05) is 11.9 Å². The van der Waals surface area contributed by atoms with E-state index in [4.69, 9.17) is 22.1 Å². The molecule has 0 saturated heterocycles. The van der Waals surface area contributed by atoms with E-state index in [0.29, 0.717) is 16.3 Å². The van der Waals surface area contributed by atoms with Crippen molar-refractivity contribution in [1.29, 1.82) is 0 Å². The molecule has 3 N–H and O–H groups in total. The lowest BCUT2D eigenvalue weighted by atomic mass is 10.2. The van der Waals surface area contributed by atoms with Gasteiger partial charge in [0.2, 0.25) is 5.91 Å². The summed E-state index contributed by atoms with van der Waals surface area (Å²) in [4.78, 5) is 34.3. The first kappa shape index (κ1) is 18.2. The molecule has 0 fully saturated rings. The van der Waals surface area contributed by atoms with Crippen molar-refractivity contribution in [1.82, 2.24) is 0 Å². The van der Waals surface area contributed by atoms with Crippen LogP contribution in [0, 0.1) is 0 Å². The van der Waals surface area contributed by atoms with E-state index in [1.54, 1.807) is 24.3 Å². The van der Waals surface area contributed by atoms with Gasteiger partial charge in [-0.1, -0.05) is 23.7 Å². The van der Waals surface area contributed by atoms with Gasteiger partial charge in [0.15, 0.2) is 6.61 Å². The van der Waals surface area contributed by atoms with E-state index in [2.05, 4.69) is 5.32 Å². The van der Waals surface area contributed by atoms with Crippen molar-refractivity contribution in [2.45, 2.75) is 0 Å². The molecule has 0 heterocycles. The minimum atomic E-state index is -0.654. The van der Waals surface area contributed by atoms with Crippen molar-refractivity contribution in [3.63, 3.8) is 0 Å². The summed E-state index contributed by atoms with van der Waals surface area (Å²) in [5, 5.41) is 3.09. The van der Waals surface area contributed by atoms with Crippen LogP contribution < -0.4 is 11.1 Å². The highest BCUT2D eigenvalue weighted by Crippen LogP contribution is 2.12. The molecule has 0 aliphatic rings. The normalized spacial score (nSPS) is 10.4. The van der Waals surface area contributed by atoms with E-state index < -0.39 is 24.4 Å². The summed E-state index contributed by atoms with van der Waals surface area (Å²) in [5.41, 5.74) is 6.65. The molecule has 0 atom stereocenters. The Hall–Kier alpha value is -3.12. The summed E-state index contributed by atoms with van der Waals surface area (Å²) in [6.45, 7) is -0.434. The number of benzene rings is 2. The average Bonchev–Trinajstić information content (AvgIpc) is 2.58. The number of hydrogen-bond acceptors (Lipinski definition) is 4. The van der Waals surface area contributed by atoms with Gasteiger partial charge in [-0.3, -0.25) is 9.59 Å². The van der Waals surface area contributed by atoms with E-state index in [1.165, 1.54) is 36.4 Å². The van der Waals surface area contributed by atoms with Crippen LogP contribution in [0.3, 0.4) is 0 Å². The van der Waals surface area contributed by atoms with Gasteiger partial charge in [0, 0.05) is 22.3 Å². The van der Waals surface area contributed by atoms with E-state index in [-0.39, 0.29) is 0 Å². The lowest BCUT2D eigenvalue weighted by molar-refractivity contribution is -0.142. The second-order valence-electron chi connectivity index (χ2n) is 4.99. The zero-order chi connectivity index (χ0) is 18.2. The number of carbonyl (C=O) groups is 3. The smallest absolute Gasteiger partial charge is 0.331 e. The second-order valence-corrected chi connectivity index (χ2v) is 5.42. The fourth-order valence-corrected chi connectivity index (χ4v) is 2.07. The number of amides is 2. The quantitative estimate of drug-likeness (QED) is 0.612. The van der Waals surface area contributed by atoms with Gasteiger partial charge in [-0.15, -0.1) is 0 Å². The molecule has 0 spiro atoms. The van der Waals surface area contributed by atoms with E-state index in [9.17, 15) is 14.4 Å². The third-order valence-corrected chi connectivity index (χ3v) is 3.29. The van der Waals surface area contributed by atoms with Crippen LogP contribution in [0.5, 0.6) is 0 Å². The molecular weight excluding hydrogens is 344 g/mol. The van der Waals surface area contributed by atoms with Crippen molar-refractivity contribution >= 4 is 41.1 Å². The summed E-state index contributed by atoms with van der Waals surface area (Å²) < 4.78 is 4.85. The fourth-order valence-electron chi connectivity index (χ4n) is 1.87. The first-order valence-corrected chi connectivity index (χ1v) is 7.62. The van der Waals surface area contributed by atoms with Gasteiger partial charge in [0.05, 0.1) is 0 Å². The molecule has 0 saturated carbocycles. The molecule has 2 aromatic rings. The zero-order valence-corrected chi connectivity index (χ0v) is 13.8. The van der Waals surface area contributed by atoms with Crippen LogP contribution in [0.15, 0.2) is 54.6 Å². The Balaban J connectivity index is 1.81. The van der Waals surface area contributed by atoms with Crippen LogP contribution in [0.4, 0.5) is 5.69 Å². The number of nitrogens with one attached hydrogen (secondary N) is 1. The molecule has 0 unspecified atom stereocenters. The van der Waals surface area contributed by atoms with E-state index in [1.807, 2.05) is 0 Å². The highest BCUT2D eigenvalue weighted by molar-refractivity contribution is 6.30. The minimum absolute atomic E-state index is 0.329. The van der Waals surface area contributed by atoms with Crippen LogP contribution in [-0.2, 0) is 14.3 Å². The third-order valence-electron chi connectivity index (χ3n) is 3.06. The topological polar surface area (TPSA) is 98.5 Å². The Morgan fingerprint density at radius 3 is 2.48 bits per heavy atom. The first-order chi connectivity index (χ1) is 11.9. The number of esters is 1. The Morgan fingerprint density at radius 2 is 1.84 bits per heavy atom. The molecule has 6 nitrogen and oxygen atoms in total. The predicted molar refractivity (Wildman–Crippen MR) is 95.0 cm³/mol. The number of carbonyl (C=O) groups excluding carboxylic acids is 3. The highest BCUT2D eigenvalue weighted by atomic mass is 35.5. The molecule has 2 aromatic carbocycles. The molecule has 0 aliphatic heterocycles. The SMILES string of the molecule is NC(=O)c1ccc(NC(=O)COC(=O)/C=C/c2cccc(Cl)c2)cc1. The number of rotatable bonds is 6. The van der Waals surface area contributed by atoms with Crippen molar-refractivity contribution < 1.29 is 19.1 Å². The van der Waals surface area contributed by atoms with Crippen LogP contribution in [0.1, 0.15) is 15.9 Å². The van der Waals surface area contributed by atoms with Crippen LogP contribution in [0.25, 0.3) is 6.08 Å². The van der Waals surface area contributed by atoms with Gasteiger partial charge in [-0.2, -0.15) is 0 Å². The zero-order valence-electron chi connectivity index (χ0n) is 13.1. The molecular formula is C18H15ClN2O4. The van der Waals surface area contributed by atoms with E-state index >= 15 is 0 Å². The Morgan fingerprint density at radius 1 is 1.12 bits per heavy atom. The monoisotopic (exact) mass is 358 g/mol. The van der Waals surface area contributed by atoms with E-state index in [0.717, 1.165) is 5.56 Å². The number of primary amides is 1. The second kappa shape index (κ2) is 8.65. The largest absolute Gasteiger partial charge is 0.452 e. The summed E-state index contributed by atoms with van der Waals surface area (Å²) in [6.07, 6.45) is 2.75. The summed E-state index contributed by atoms with van der Waals surface area (Å²) in [5.74, 6) is -1.71. The Kier molecular flexibility index (Phi) is 6.31. The summed E-state index contributed by atoms with van der Waals surface area (Å²) in [7, 11) is 0. The molecule has 7 heteroatoms. The van der Waals surface area contributed by atoms with Gasteiger partial charge >= 0.3 is 5.97 Å². The Labute approximate surface area is 149 Å². The lowest BCUT2D eigenvalue weighted by Gasteiger charge is -2.06. The van der Waals surface area contributed by atoms with Crippen LogP contribution >= 0.6 is 11.6 Å². The number of ether oxygens (including phenoxy) is 1. The maximum atomic E-state index is 11.7. The number of nitrogens with two attached hydrogens (primary N) is 1. The van der Waals surface area contributed by atoms with Gasteiger partial charge < -0.3 is 15.8 Å². The van der Waals surface area contributed by atoms with Crippen LogP contribution in [-0.4, -0.2) is 24.4 Å². The lowest BCUT2D eigenvalue weighted by Crippen LogP contribution is -2.20. The third kappa shape index (κ3) is 6.12. The summed E-state index contributed by atoms with van der Waals surface area (Å²) in [6, 6.07) is 13.0. The van der Waals surface area contributed by atoms with Crippen molar-refractivity contribution in [3.05, 3.63) is 70.8 Å². The Bertz CT molecular complexity index is 816. The first-order valence-electron chi connectivity index (χ1n) is 7.24. The molecule has 2 rings (SSSR count). The van der Waals surface area contributed by atoms with Gasteiger partial charge in [-0.05, 0) is 48.0 Å². The van der Waals surface area contributed by atoms with Gasteiger partial charge in [-0.25, -0.2) is 4.79 Å². The molecule has 0 bridgehead atoms.